The predicted octanol–water partition coefficient (Wildman–Crippen LogP) is 2.64. The molecular weight excluding hydrogens is 562 g/mol. The predicted molar refractivity (Wildman–Crippen MR) is 164 cm³/mol. The van der Waals surface area contributed by atoms with Gasteiger partial charge in [0.25, 0.3) is 0 Å². The number of para-hydroxylation sites is 1. The molecule has 0 bridgehead atoms. The van der Waals surface area contributed by atoms with E-state index in [0.717, 1.165) is 22.0 Å². The number of carbonyl (C=O) groups is 3. The van der Waals surface area contributed by atoms with E-state index in [2.05, 4.69) is 4.98 Å². The van der Waals surface area contributed by atoms with Crippen molar-refractivity contribution in [3.8, 4) is 16.9 Å². The second-order valence-electron chi connectivity index (χ2n) is 13.6. The molecule has 6 atom stereocenters. The molecule has 0 spiro atoms. The van der Waals surface area contributed by atoms with Crippen LogP contribution in [0, 0.1) is 17.8 Å². The van der Waals surface area contributed by atoms with Gasteiger partial charge >= 0.3 is 0 Å². The summed E-state index contributed by atoms with van der Waals surface area (Å²) in [6, 6.07) is 10.6. The molecular formula is C34H37N3O7. The summed E-state index contributed by atoms with van der Waals surface area (Å²) >= 11 is 0. The van der Waals surface area contributed by atoms with Crippen molar-refractivity contribution < 1.29 is 34.8 Å². The molecule has 230 valence electrons. The van der Waals surface area contributed by atoms with Crippen LogP contribution in [0.25, 0.3) is 27.8 Å². The molecule has 0 radical (unpaired) electrons. The molecule has 1 amide bonds. The van der Waals surface area contributed by atoms with Crippen LogP contribution in [0.15, 0.2) is 48.2 Å². The Morgan fingerprint density at radius 3 is 2.43 bits per heavy atom. The van der Waals surface area contributed by atoms with Crippen LogP contribution in [0.3, 0.4) is 0 Å². The number of ketones is 2. The fourth-order valence-electron chi connectivity index (χ4n) is 7.72. The van der Waals surface area contributed by atoms with Gasteiger partial charge in [-0.2, -0.15) is 0 Å². The number of pyridine rings is 1. The van der Waals surface area contributed by atoms with Crippen molar-refractivity contribution in [2.45, 2.75) is 56.8 Å². The van der Waals surface area contributed by atoms with Crippen molar-refractivity contribution >= 4 is 34.1 Å². The molecule has 6 N–H and O–H groups in total. The van der Waals surface area contributed by atoms with E-state index in [4.69, 9.17) is 5.73 Å². The maximum atomic E-state index is 14.3. The van der Waals surface area contributed by atoms with E-state index < -0.39 is 64.1 Å². The number of benzene rings is 2. The summed E-state index contributed by atoms with van der Waals surface area (Å²) in [4.78, 5) is 46.4. The molecule has 3 aromatic rings. The van der Waals surface area contributed by atoms with Crippen molar-refractivity contribution in [2.24, 2.45) is 23.5 Å². The number of aromatic hydroxyl groups is 1. The van der Waals surface area contributed by atoms with Crippen molar-refractivity contribution in [1.29, 1.82) is 0 Å². The van der Waals surface area contributed by atoms with Gasteiger partial charge in [-0.3, -0.25) is 19.4 Å². The Morgan fingerprint density at radius 1 is 1.11 bits per heavy atom. The number of fused-ring (bicyclic) bond motifs is 4. The van der Waals surface area contributed by atoms with Crippen LogP contribution in [0.1, 0.15) is 43.9 Å². The number of nitrogens with zero attached hydrogens (tertiary/aromatic N) is 2. The molecule has 3 aliphatic rings. The average molecular weight is 600 g/mol. The maximum absolute atomic E-state index is 14.3. The summed E-state index contributed by atoms with van der Waals surface area (Å²) in [6.45, 7) is 5.76. The van der Waals surface area contributed by atoms with Crippen LogP contribution in [-0.4, -0.2) is 79.6 Å². The van der Waals surface area contributed by atoms with Gasteiger partial charge in [0, 0.05) is 40.2 Å². The van der Waals surface area contributed by atoms with Crippen LogP contribution < -0.4 is 5.73 Å². The van der Waals surface area contributed by atoms with Gasteiger partial charge in [-0.1, -0.05) is 39.0 Å². The summed E-state index contributed by atoms with van der Waals surface area (Å²) in [7, 11) is 3.26. The highest BCUT2D eigenvalue weighted by molar-refractivity contribution is 6.25. The number of primary amides is 1. The summed E-state index contributed by atoms with van der Waals surface area (Å²) in [5.41, 5.74) is 5.56. The first-order chi connectivity index (χ1) is 20.6. The van der Waals surface area contributed by atoms with Gasteiger partial charge in [-0.25, -0.2) is 0 Å². The fourth-order valence-corrected chi connectivity index (χ4v) is 7.72. The molecule has 2 fully saturated rings. The number of phenols is 1. The van der Waals surface area contributed by atoms with Gasteiger partial charge in [-0.05, 0) is 67.6 Å². The number of likely N-dealkylation sites (N-methyl/N-ethyl adjacent to an activating group) is 1. The zero-order valence-electron chi connectivity index (χ0n) is 25.3. The number of aliphatic hydroxyl groups is 3. The van der Waals surface area contributed by atoms with E-state index in [1.54, 1.807) is 25.2 Å². The molecule has 10 nitrogen and oxygen atoms in total. The average Bonchev–Trinajstić information content (AvgIpc) is 2.94. The van der Waals surface area contributed by atoms with Crippen LogP contribution in [-0.2, 0) is 26.2 Å². The van der Waals surface area contributed by atoms with Crippen LogP contribution in [0.4, 0.5) is 0 Å². The Morgan fingerprint density at radius 2 is 1.80 bits per heavy atom. The lowest BCUT2D eigenvalue weighted by molar-refractivity contribution is -0.184. The molecule has 0 saturated heterocycles. The van der Waals surface area contributed by atoms with E-state index in [0.29, 0.717) is 11.1 Å². The van der Waals surface area contributed by atoms with Gasteiger partial charge in [0.1, 0.15) is 17.4 Å². The van der Waals surface area contributed by atoms with E-state index in [1.165, 1.54) is 0 Å². The molecule has 3 aliphatic carbocycles. The van der Waals surface area contributed by atoms with Gasteiger partial charge < -0.3 is 31.1 Å². The number of rotatable bonds is 3. The quantitative estimate of drug-likeness (QED) is 0.284. The summed E-state index contributed by atoms with van der Waals surface area (Å²) in [5, 5.41) is 47.4. The number of Topliss-reactive ketones (excluding diaryl/α,β-unsaturated/α-hetero) is 2. The minimum Gasteiger partial charge on any atom is -0.507 e. The first-order valence-corrected chi connectivity index (χ1v) is 14.7. The Hall–Kier alpha value is -4.12. The highest BCUT2D eigenvalue weighted by Gasteiger charge is 2.67. The molecule has 2 saturated carbocycles. The third-order valence-electron chi connectivity index (χ3n) is 9.80. The zero-order valence-corrected chi connectivity index (χ0v) is 25.3. The highest BCUT2D eigenvalue weighted by Crippen LogP contribution is 2.54. The first kappa shape index (κ1) is 29.9. The highest BCUT2D eigenvalue weighted by atomic mass is 16.3. The molecule has 10 heteroatoms. The smallest absolute Gasteiger partial charge is 0.230 e. The summed E-state index contributed by atoms with van der Waals surface area (Å²) in [6.07, 6.45) is 0.456. The lowest BCUT2D eigenvalue weighted by atomic mass is 9.54. The lowest BCUT2D eigenvalue weighted by Crippen LogP contribution is -2.73. The van der Waals surface area contributed by atoms with Gasteiger partial charge in [0.15, 0.2) is 11.4 Å². The van der Waals surface area contributed by atoms with E-state index in [-0.39, 0.29) is 29.7 Å². The standard InChI is InChI=1S/C34H37N3O7/c1-33(2,3)21-13-18(17-10-15-8-6-7-9-22(15)36-14-17)19-11-16-12-20-26(37(4)5)29(40)25(32(35)43)31(42)34(20,44)30(41)23(16)28(39)24(19)27(21)38/h6-10,13-14,16,20,25-26,29,38-40,44H,11-12H2,1-5H3,(H2,35,43)/t16-,20-,25?,26-,29?,34-/m1/s1. The monoisotopic (exact) mass is 599 g/mol. The fraction of sp³-hybridized carbons (Fsp3) is 0.412. The molecule has 44 heavy (non-hydrogen) atoms. The van der Waals surface area contributed by atoms with Crippen LogP contribution in [0.5, 0.6) is 5.75 Å². The van der Waals surface area contributed by atoms with Gasteiger partial charge in [-0.15, -0.1) is 0 Å². The third-order valence-corrected chi connectivity index (χ3v) is 9.80. The number of carbonyl (C=O) groups excluding carboxylic acids is 3. The first-order valence-electron chi connectivity index (χ1n) is 14.7. The molecule has 1 aromatic heterocycles. The topological polar surface area (TPSA) is 174 Å². The number of phenolic OH excluding ortho intramolecular Hbond substituents is 1. The number of amides is 1. The molecule has 2 aromatic carbocycles. The van der Waals surface area contributed by atoms with Gasteiger partial charge in [0.2, 0.25) is 11.7 Å². The SMILES string of the molecule is CN(C)[C@H]1C(O)C(C(N)=O)C(=O)[C@]2(O)C(=O)C3=C(O)c4c(O)c(C(C)(C)C)cc(-c5cnc6ccccc6c5)c4C[C@@H]3C[C@H]12. The van der Waals surface area contributed by atoms with Gasteiger partial charge in [0.05, 0.1) is 17.2 Å². The normalized spacial score (nSPS) is 28.6. The Labute approximate surface area is 254 Å². The Kier molecular flexibility index (Phi) is 6.77. The number of aliphatic hydroxyl groups excluding tert-OH is 2. The summed E-state index contributed by atoms with van der Waals surface area (Å²) < 4.78 is 0. The Balaban J connectivity index is 1.60. The maximum Gasteiger partial charge on any atom is 0.230 e. The third kappa shape index (κ3) is 4.12. The second-order valence-corrected chi connectivity index (χ2v) is 13.6. The van der Waals surface area contributed by atoms with Crippen LogP contribution >= 0.6 is 0 Å². The van der Waals surface area contributed by atoms with Crippen LogP contribution in [0.2, 0.25) is 0 Å². The van der Waals surface area contributed by atoms with Crippen molar-refractivity contribution in [1.82, 2.24) is 9.88 Å². The van der Waals surface area contributed by atoms with E-state index >= 15 is 0 Å². The van der Waals surface area contributed by atoms with Crippen molar-refractivity contribution in [3.63, 3.8) is 0 Å². The number of aromatic nitrogens is 1. The molecule has 2 unspecified atom stereocenters. The largest absolute Gasteiger partial charge is 0.507 e. The van der Waals surface area contributed by atoms with E-state index in [9.17, 15) is 34.8 Å². The molecule has 6 rings (SSSR count). The summed E-state index contributed by atoms with van der Waals surface area (Å²) in [5.74, 6) is -7.61. The number of nitrogens with two attached hydrogens (primary N) is 1. The second kappa shape index (κ2) is 9.95. The Bertz CT molecular complexity index is 1790. The molecule has 0 aliphatic heterocycles. The molecule has 1 heterocycles. The minimum atomic E-state index is -2.70. The minimum absolute atomic E-state index is 0.0510. The van der Waals surface area contributed by atoms with Crippen molar-refractivity contribution in [2.75, 3.05) is 14.1 Å². The lowest BCUT2D eigenvalue weighted by Gasteiger charge is -2.53. The number of hydrogen-bond donors (Lipinski definition) is 5. The zero-order chi connectivity index (χ0) is 32.0. The van der Waals surface area contributed by atoms with Crippen molar-refractivity contribution in [3.05, 3.63) is 64.9 Å². The van der Waals surface area contributed by atoms with E-state index in [1.807, 2.05) is 57.2 Å². The number of hydrogen-bond acceptors (Lipinski definition) is 9.